The van der Waals surface area contributed by atoms with Gasteiger partial charge in [-0.1, -0.05) is 27.7 Å². The Bertz CT molecular complexity index is 214. The second kappa shape index (κ2) is 9.02. The third-order valence-electron chi connectivity index (χ3n) is 2.41. The first-order valence-corrected chi connectivity index (χ1v) is 6.36. The van der Waals surface area contributed by atoms with Crippen LogP contribution in [0.25, 0.3) is 0 Å². The molecular formula is C13H24O4. The summed E-state index contributed by atoms with van der Waals surface area (Å²) < 4.78 is 10.0. The third-order valence-corrected chi connectivity index (χ3v) is 2.41. The van der Waals surface area contributed by atoms with Gasteiger partial charge in [-0.25, -0.2) is 0 Å². The topological polar surface area (TPSA) is 52.6 Å². The van der Waals surface area contributed by atoms with E-state index >= 15 is 0 Å². The monoisotopic (exact) mass is 244 g/mol. The Balaban J connectivity index is 3.96. The van der Waals surface area contributed by atoms with Gasteiger partial charge in [0.25, 0.3) is 0 Å². The zero-order chi connectivity index (χ0) is 13.3. The van der Waals surface area contributed by atoms with Gasteiger partial charge in [-0.3, -0.25) is 9.59 Å². The highest BCUT2D eigenvalue weighted by Gasteiger charge is 2.22. The van der Waals surface area contributed by atoms with E-state index in [1.54, 1.807) is 13.8 Å². The number of carbonyl (C=O) groups is 2. The molecule has 0 fully saturated rings. The quantitative estimate of drug-likeness (QED) is 0.616. The molecule has 0 aliphatic rings. The van der Waals surface area contributed by atoms with E-state index in [9.17, 15) is 9.59 Å². The molecule has 0 aromatic carbocycles. The predicted molar refractivity (Wildman–Crippen MR) is 65.4 cm³/mol. The largest absolute Gasteiger partial charge is 0.465 e. The molecule has 2 unspecified atom stereocenters. The minimum atomic E-state index is -0.259. The van der Waals surface area contributed by atoms with E-state index in [2.05, 4.69) is 0 Å². The number of carbonyl (C=O) groups excluding carboxylic acids is 2. The Morgan fingerprint density at radius 2 is 1.24 bits per heavy atom. The van der Waals surface area contributed by atoms with E-state index in [0.717, 1.165) is 12.8 Å². The molecule has 0 saturated heterocycles. The Morgan fingerprint density at radius 1 is 0.882 bits per heavy atom. The molecular weight excluding hydrogens is 220 g/mol. The van der Waals surface area contributed by atoms with Crippen molar-refractivity contribution in [1.82, 2.24) is 0 Å². The van der Waals surface area contributed by atoms with Gasteiger partial charge in [0, 0.05) is 0 Å². The summed E-state index contributed by atoms with van der Waals surface area (Å²) >= 11 is 0. The van der Waals surface area contributed by atoms with Crippen molar-refractivity contribution in [1.29, 1.82) is 0 Å². The van der Waals surface area contributed by atoms with Crippen LogP contribution in [-0.2, 0) is 19.1 Å². The summed E-state index contributed by atoms with van der Waals surface area (Å²) in [5, 5.41) is 0. The van der Waals surface area contributed by atoms with Crippen molar-refractivity contribution < 1.29 is 19.1 Å². The Kier molecular flexibility index (Phi) is 8.46. The first-order valence-electron chi connectivity index (χ1n) is 6.36. The van der Waals surface area contributed by atoms with Crippen LogP contribution in [0.4, 0.5) is 0 Å². The minimum absolute atomic E-state index is 0.234. The molecule has 0 rings (SSSR count). The Morgan fingerprint density at radius 3 is 1.53 bits per heavy atom. The molecule has 0 heterocycles. The third kappa shape index (κ3) is 6.97. The maximum absolute atomic E-state index is 11.5. The van der Waals surface area contributed by atoms with Crippen molar-refractivity contribution >= 4 is 11.9 Å². The lowest BCUT2D eigenvalue weighted by Crippen LogP contribution is -2.23. The molecule has 100 valence electrons. The van der Waals surface area contributed by atoms with E-state index in [1.165, 1.54) is 0 Å². The molecule has 0 spiro atoms. The number of ether oxygens (including phenoxy) is 2. The average molecular weight is 244 g/mol. The normalized spacial score (nSPS) is 13.9. The van der Waals surface area contributed by atoms with Crippen LogP contribution in [0.15, 0.2) is 0 Å². The number of esters is 2. The van der Waals surface area contributed by atoms with Crippen LogP contribution in [0.3, 0.4) is 0 Å². The average Bonchev–Trinajstić information content (AvgIpc) is 2.32. The summed E-state index contributed by atoms with van der Waals surface area (Å²) in [5.41, 5.74) is 0. The van der Waals surface area contributed by atoms with Crippen LogP contribution >= 0.6 is 0 Å². The van der Waals surface area contributed by atoms with Gasteiger partial charge in [0.2, 0.25) is 0 Å². The second-order valence-corrected chi connectivity index (χ2v) is 4.37. The zero-order valence-corrected chi connectivity index (χ0v) is 11.3. The fraction of sp³-hybridized carbons (Fsp3) is 0.846. The van der Waals surface area contributed by atoms with Gasteiger partial charge < -0.3 is 9.47 Å². The van der Waals surface area contributed by atoms with E-state index in [0.29, 0.717) is 19.6 Å². The fourth-order valence-corrected chi connectivity index (χ4v) is 1.41. The van der Waals surface area contributed by atoms with E-state index in [4.69, 9.17) is 9.47 Å². The standard InChI is InChI=1S/C13H24O4/c1-5-7-16-12(14)10(3)9-11(4)13(15)17-8-6-2/h10-11H,5-9H2,1-4H3. The lowest BCUT2D eigenvalue weighted by atomic mass is 9.97. The van der Waals surface area contributed by atoms with Gasteiger partial charge in [-0.05, 0) is 19.3 Å². The molecule has 0 amide bonds. The minimum Gasteiger partial charge on any atom is -0.465 e. The lowest BCUT2D eigenvalue weighted by Gasteiger charge is -2.15. The highest BCUT2D eigenvalue weighted by Crippen LogP contribution is 2.15. The van der Waals surface area contributed by atoms with E-state index < -0.39 is 0 Å². The molecule has 0 bridgehead atoms. The van der Waals surface area contributed by atoms with Gasteiger partial charge in [-0.15, -0.1) is 0 Å². The maximum Gasteiger partial charge on any atom is 0.308 e. The number of hydrogen-bond donors (Lipinski definition) is 0. The highest BCUT2D eigenvalue weighted by atomic mass is 16.5. The van der Waals surface area contributed by atoms with Crippen molar-refractivity contribution in [2.24, 2.45) is 11.8 Å². The molecule has 0 aromatic rings. The van der Waals surface area contributed by atoms with E-state index in [-0.39, 0.29) is 23.8 Å². The van der Waals surface area contributed by atoms with Crippen LogP contribution in [0.1, 0.15) is 47.0 Å². The zero-order valence-electron chi connectivity index (χ0n) is 11.3. The molecule has 17 heavy (non-hydrogen) atoms. The molecule has 0 aliphatic heterocycles. The highest BCUT2D eigenvalue weighted by molar-refractivity contribution is 5.75. The van der Waals surface area contributed by atoms with Gasteiger partial charge in [0.1, 0.15) is 0 Å². The van der Waals surface area contributed by atoms with Crippen molar-refractivity contribution in [3.63, 3.8) is 0 Å². The first-order chi connectivity index (χ1) is 8.02. The smallest absolute Gasteiger partial charge is 0.308 e. The molecule has 0 aliphatic carbocycles. The van der Waals surface area contributed by atoms with Crippen LogP contribution in [0.5, 0.6) is 0 Å². The first kappa shape index (κ1) is 15.9. The fourth-order valence-electron chi connectivity index (χ4n) is 1.41. The Labute approximate surface area is 104 Å². The lowest BCUT2D eigenvalue weighted by molar-refractivity contribution is -0.151. The van der Waals surface area contributed by atoms with Gasteiger partial charge >= 0.3 is 11.9 Å². The number of rotatable bonds is 8. The second-order valence-electron chi connectivity index (χ2n) is 4.37. The molecule has 4 heteroatoms. The van der Waals surface area contributed by atoms with Crippen molar-refractivity contribution in [3.05, 3.63) is 0 Å². The van der Waals surface area contributed by atoms with Crippen LogP contribution in [-0.4, -0.2) is 25.2 Å². The molecule has 0 N–H and O–H groups in total. The van der Waals surface area contributed by atoms with Crippen LogP contribution in [0, 0.1) is 11.8 Å². The summed E-state index contributed by atoms with van der Waals surface area (Å²) in [6.07, 6.45) is 2.10. The summed E-state index contributed by atoms with van der Waals surface area (Å²) in [6.45, 7) is 8.34. The maximum atomic E-state index is 11.5. The predicted octanol–water partition coefficient (Wildman–Crippen LogP) is 2.56. The molecule has 0 saturated carbocycles. The van der Waals surface area contributed by atoms with Gasteiger partial charge in [0.05, 0.1) is 25.0 Å². The summed E-state index contributed by atoms with van der Waals surface area (Å²) in [7, 11) is 0. The van der Waals surface area contributed by atoms with Crippen LogP contribution < -0.4 is 0 Å². The number of hydrogen-bond acceptors (Lipinski definition) is 4. The summed E-state index contributed by atoms with van der Waals surface area (Å²) in [4.78, 5) is 23.0. The van der Waals surface area contributed by atoms with Crippen molar-refractivity contribution in [2.75, 3.05) is 13.2 Å². The van der Waals surface area contributed by atoms with Crippen molar-refractivity contribution in [3.8, 4) is 0 Å². The molecule has 0 radical (unpaired) electrons. The van der Waals surface area contributed by atoms with E-state index in [1.807, 2.05) is 13.8 Å². The SMILES string of the molecule is CCCOC(=O)C(C)CC(C)C(=O)OCCC. The van der Waals surface area contributed by atoms with Crippen molar-refractivity contribution in [2.45, 2.75) is 47.0 Å². The molecule has 0 aromatic heterocycles. The van der Waals surface area contributed by atoms with Gasteiger partial charge in [-0.2, -0.15) is 0 Å². The molecule has 4 nitrogen and oxygen atoms in total. The van der Waals surface area contributed by atoms with Gasteiger partial charge in [0.15, 0.2) is 0 Å². The summed E-state index contributed by atoms with van der Waals surface area (Å²) in [6, 6.07) is 0. The Hall–Kier alpha value is -1.06. The summed E-state index contributed by atoms with van der Waals surface area (Å²) in [5.74, 6) is -0.986. The van der Waals surface area contributed by atoms with Crippen LogP contribution in [0.2, 0.25) is 0 Å². The molecule has 2 atom stereocenters.